The van der Waals surface area contributed by atoms with Crippen LogP contribution in [0.3, 0.4) is 0 Å². The maximum Gasteiger partial charge on any atom is 0.0920 e. The molecule has 1 aromatic carbocycles. The smallest absolute Gasteiger partial charge is 0.0920 e. The highest BCUT2D eigenvalue weighted by molar-refractivity contribution is 9.10. The van der Waals surface area contributed by atoms with Crippen molar-refractivity contribution < 1.29 is 0 Å². The van der Waals surface area contributed by atoms with Gasteiger partial charge in [0.2, 0.25) is 0 Å². The Labute approximate surface area is 114 Å². The Hall–Kier alpha value is 0.270. The molecule has 1 aromatic heterocycles. The predicted molar refractivity (Wildman–Crippen MR) is 69.5 cm³/mol. The van der Waals surface area contributed by atoms with Gasteiger partial charge in [-0.15, -0.1) is 0 Å². The molecule has 0 spiro atoms. The molecule has 0 aliphatic heterocycles. The van der Waals surface area contributed by atoms with Crippen molar-refractivity contribution >= 4 is 73.2 Å². The van der Waals surface area contributed by atoms with Gasteiger partial charge in [-0.05, 0) is 22.0 Å². The van der Waals surface area contributed by atoms with Gasteiger partial charge in [0.05, 0.1) is 30.1 Å². The number of pyridine rings is 1. The van der Waals surface area contributed by atoms with E-state index in [0.717, 1.165) is 0 Å². The van der Waals surface area contributed by atoms with E-state index >= 15 is 0 Å². The van der Waals surface area contributed by atoms with Crippen LogP contribution in [0.15, 0.2) is 16.7 Å². The number of hydrogen-bond acceptors (Lipinski definition) is 1. The Kier molecular flexibility index (Phi) is 3.34. The molecule has 15 heavy (non-hydrogen) atoms. The van der Waals surface area contributed by atoms with Crippen molar-refractivity contribution in [2.45, 2.75) is 0 Å². The Morgan fingerprint density at radius 3 is 2.33 bits per heavy atom. The molecule has 0 N–H and O–H groups in total. The van der Waals surface area contributed by atoms with E-state index in [1.807, 2.05) is 0 Å². The van der Waals surface area contributed by atoms with E-state index in [1.165, 1.54) is 0 Å². The monoisotopic (exact) mass is 343 g/mol. The molecular formula is C9H2BrCl4N. The zero-order valence-corrected chi connectivity index (χ0v) is 11.6. The van der Waals surface area contributed by atoms with Gasteiger partial charge in [0, 0.05) is 11.6 Å². The number of fused-ring (bicyclic) bond motifs is 1. The largest absolute Gasteiger partial charge is 0.253 e. The van der Waals surface area contributed by atoms with Crippen molar-refractivity contribution in [1.82, 2.24) is 4.98 Å². The highest BCUT2D eigenvalue weighted by atomic mass is 79.9. The summed E-state index contributed by atoms with van der Waals surface area (Å²) in [4.78, 5) is 4.14. The third kappa shape index (κ3) is 1.94. The van der Waals surface area contributed by atoms with E-state index in [9.17, 15) is 0 Å². The summed E-state index contributed by atoms with van der Waals surface area (Å²) in [6.07, 6.45) is 1.57. The first kappa shape index (κ1) is 11.7. The first-order chi connectivity index (χ1) is 7.02. The average Bonchev–Trinajstić information content (AvgIpc) is 2.19. The van der Waals surface area contributed by atoms with Gasteiger partial charge in [0.25, 0.3) is 0 Å². The van der Waals surface area contributed by atoms with E-state index in [-0.39, 0.29) is 0 Å². The minimum absolute atomic E-state index is 0.356. The molecule has 0 unspecified atom stereocenters. The summed E-state index contributed by atoms with van der Waals surface area (Å²) >= 11 is 27.3. The Balaban J connectivity index is 3.04. The van der Waals surface area contributed by atoms with Crippen LogP contribution in [0.25, 0.3) is 10.9 Å². The van der Waals surface area contributed by atoms with E-state index in [4.69, 9.17) is 46.4 Å². The molecule has 0 amide bonds. The van der Waals surface area contributed by atoms with Crippen molar-refractivity contribution in [3.63, 3.8) is 0 Å². The minimum Gasteiger partial charge on any atom is -0.253 e. The second kappa shape index (κ2) is 4.27. The van der Waals surface area contributed by atoms with Crippen LogP contribution in [0.1, 0.15) is 0 Å². The quantitative estimate of drug-likeness (QED) is 0.565. The van der Waals surface area contributed by atoms with E-state index < -0.39 is 0 Å². The second-order valence-electron chi connectivity index (χ2n) is 2.80. The third-order valence-corrected chi connectivity index (χ3v) is 4.18. The van der Waals surface area contributed by atoms with Gasteiger partial charge in [-0.3, -0.25) is 4.98 Å². The lowest BCUT2D eigenvalue weighted by atomic mass is 10.2. The van der Waals surface area contributed by atoms with Crippen LogP contribution in [-0.4, -0.2) is 4.98 Å². The molecule has 0 aliphatic rings. The topological polar surface area (TPSA) is 12.9 Å². The SMILES string of the molecule is Clc1cc(Cl)c2ncc(Br)c(Cl)c2c1Cl. The zero-order valence-electron chi connectivity index (χ0n) is 6.99. The van der Waals surface area contributed by atoms with E-state index in [2.05, 4.69) is 20.9 Å². The molecule has 2 rings (SSSR count). The van der Waals surface area contributed by atoms with Crippen LogP contribution in [-0.2, 0) is 0 Å². The van der Waals surface area contributed by atoms with Crippen molar-refractivity contribution in [2.75, 3.05) is 0 Å². The molecule has 1 nitrogen and oxygen atoms in total. The summed E-state index contributed by atoms with van der Waals surface area (Å²) in [7, 11) is 0. The lowest BCUT2D eigenvalue weighted by Gasteiger charge is -2.07. The first-order valence-corrected chi connectivity index (χ1v) is 6.10. The molecule has 6 heteroatoms. The summed E-state index contributed by atoms with van der Waals surface area (Å²) < 4.78 is 0.650. The van der Waals surface area contributed by atoms with Crippen LogP contribution in [0.5, 0.6) is 0 Å². The van der Waals surface area contributed by atoms with Crippen LogP contribution in [0.2, 0.25) is 20.1 Å². The second-order valence-corrected chi connectivity index (χ2v) is 5.22. The number of benzene rings is 1. The van der Waals surface area contributed by atoms with Crippen LogP contribution in [0, 0.1) is 0 Å². The number of rotatable bonds is 0. The molecule has 0 bridgehead atoms. The first-order valence-electron chi connectivity index (χ1n) is 3.79. The fourth-order valence-corrected chi connectivity index (χ4v) is 2.54. The summed E-state index contributed by atoms with van der Waals surface area (Å²) in [6.45, 7) is 0. The average molecular weight is 346 g/mol. The van der Waals surface area contributed by atoms with E-state index in [1.54, 1.807) is 12.3 Å². The number of hydrogen-bond donors (Lipinski definition) is 0. The fourth-order valence-electron chi connectivity index (χ4n) is 1.21. The molecular weight excluding hydrogens is 344 g/mol. The lowest BCUT2D eigenvalue weighted by Crippen LogP contribution is -1.85. The summed E-state index contributed by atoms with van der Waals surface area (Å²) in [5.41, 5.74) is 0.541. The summed E-state index contributed by atoms with van der Waals surface area (Å²) in [5, 5.41) is 2.15. The molecule has 0 fully saturated rings. The number of nitrogens with zero attached hydrogens (tertiary/aromatic N) is 1. The van der Waals surface area contributed by atoms with Crippen LogP contribution < -0.4 is 0 Å². The number of aromatic nitrogens is 1. The van der Waals surface area contributed by atoms with Gasteiger partial charge >= 0.3 is 0 Å². The minimum atomic E-state index is 0.356. The fraction of sp³-hybridized carbons (Fsp3) is 0. The van der Waals surface area contributed by atoms with E-state index in [0.29, 0.717) is 35.5 Å². The molecule has 2 aromatic rings. The van der Waals surface area contributed by atoms with Crippen molar-refractivity contribution in [1.29, 1.82) is 0 Å². The zero-order chi connectivity index (χ0) is 11.2. The van der Waals surface area contributed by atoms with Gasteiger partial charge in [-0.25, -0.2) is 0 Å². The number of halogens is 5. The van der Waals surface area contributed by atoms with Gasteiger partial charge < -0.3 is 0 Å². The molecule has 78 valence electrons. The van der Waals surface area contributed by atoms with Crippen molar-refractivity contribution in [3.8, 4) is 0 Å². The highest BCUT2D eigenvalue weighted by Crippen LogP contribution is 2.40. The van der Waals surface area contributed by atoms with Crippen LogP contribution >= 0.6 is 62.3 Å². The van der Waals surface area contributed by atoms with Gasteiger partial charge in [-0.1, -0.05) is 46.4 Å². The third-order valence-electron chi connectivity index (χ3n) is 1.88. The van der Waals surface area contributed by atoms with Gasteiger partial charge in [-0.2, -0.15) is 0 Å². The Bertz CT molecular complexity index is 547. The summed E-state index contributed by atoms with van der Waals surface area (Å²) in [6, 6.07) is 1.55. The maximum atomic E-state index is 6.09. The van der Waals surface area contributed by atoms with Crippen molar-refractivity contribution in [3.05, 3.63) is 36.8 Å². The molecule has 0 saturated heterocycles. The van der Waals surface area contributed by atoms with Gasteiger partial charge in [0.15, 0.2) is 0 Å². The molecule has 0 aliphatic carbocycles. The molecule has 0 saturated carbocycles. The van der Waals surface area contributed by atoms with Crippen molar-refractivity contribution in [2.24, 2.45) is 0 Å². The highest BCUT2D eigenvalue weighted by Gasteiger charge is 2.14. The normalized spacial score (nSPS) is 11.0. The predicted octanol–water partition coefficient (Wildman–Crippen LogP) is 5.61. The molecule has 1 heterocycles. The maximum absolute atomic E-state index is 6.09. The van der Waals surface area contributed by atoms with Gasteiger partial charge in [0.1, 0.15) is 0 Å². The summed E-state index contributed by atoms with van der Waals surface area (Å²) in [5.74, 6) is 0. The van der Waals surface area contributed by atoms with Crippen LogP contribution in [0.4, 0.5) is 0 Å². The Morgan fingerprint density at radius 1 is 1.00 bits per heavy atom. The molecule has 0 radical (unpaired) electrons. The lowest BCUT2D eigenvalue weighted by molar-refractivity contribution is 1.39. The standard InChI is InChI=1S/C9H2BrCl4N/c10-3-2-15-9-5(12)1-4(11)8(14)6(9)7(3)13/h1-2H. The Morgan fingerprint density at radius 2 is 1.67 bits per heavy atom. The molecule has 0 atom stereocenters.